The summed E-state index contributed by atoms with van der Waals surface area (Å²) in [6.45, 7) is -0.0306. The Bertz CT molecular complexity index is 788. The zero-order valence-corrected chi connectivity index (χ0v) is 15.5. The number of fused-ring (bicyclic) bond motifs is 1. The molecule has 1 aromatic rings. The number of hydrazone groups is 1. The van der Waals surface area contributed by atoms with Gasteiger partial charge in [0, 0.05) is 6.04 Å². The van der Waals surface area contributed by atoms with Crippen LogP contribution in [0.3, 0.4) is 0 Å². The molecule has 1 N–H and O–H groups in total. The Labute approximate surface area is 153 Å². The number of hydrogen-bond acceptors (Lipinski definition) is 6. The highest BCUT2D eigenvalue weighted by Crippen LogP contribution is 2.32. The minimum atomic E-state index is -3.45. The molecule has 1 saturated carbocycles. The average molecular weight is 381 g/mol. The molecule has 142 valence electrons. The smallest absolute Gasteiger partial charge is 0.255 e. The highest BCUT2D eigenvalue weighted by atomic mass is 32.2. The van der Waals surface area contributed by atoms with Gasteiger partial charge in [0.15, 0.2) is 11.5 Å². The third-order valence-corrected chi connectivity index (χ3v) is 5.79. The Kier molecular flexibility index (Phi) is 5.77. The van der Waals surface area contributed by atoms with Crippen LogP contribution in [0.4, 0.5) is 0 Å². The quantitative estimate of drug-likeness (QED) is 0.594. The Balaban J connectivity index is 1.58. The lowest BCUT2D eigenvalue weighted by atomic mass is 9.95. The maximum Gasteiger partial charge on any atom is 0.255 e. The first-order valence-electron chi connectivity index (χ1n) is 8.62. The Morgan fingerprint density at radius 3 is 2.73 bits per heavy atom. The van der Waals surface area contributed by atoms with Crippen molar-refractivity contribution in [1.29, 1.82) is 0 Å². The van der Waals surface area contributed by atoms with Crippen LogP contribution >= 0.6 is 0 Å². The molecule has 8 nitrogen and oxygen atoms in total. The maximum absolute atomic E-state index is 12.1. The molecule has 0 aromatic heterocycles. The number of hydrogen-bond donors (Lipinski definition) is 1. The van der Waals surface area contributed by atoms with Crippen molar-refractivity contribution in [3.05, 3.63) is 23.8 Å². The van der Waals surface area contributed by atoms with E-state index in [9.17, 15) is 13.2 Å². The molecule has 1 aliphatic heterocycles. The molecule has 1 aliphatic carbocycles. The lowest BCUT2D eigenvalue weighted by molar-refractivity contribution is -0.121. The normalized spacial score (nSPS) is 17.8. The molecule has 1 fully saturated rings. The molecule has 0 radical (unpaired) electrons. The van der Waals surface area contributed by atoms with Gasteiger partial charge in [0.25, 0.3) is 5.91 Å². The van der Waals surface area contributed by atoms with Crippen LogP contribution in [0.1, 0.15) is 37.7 Å². The van der Waals surface area contributed by atoms with Gasteiger partial charge in [-0.05, 0) is 36.6 Å². The third-order valence-electron chi connectivity index (χ3n) is 4.51. The Hall–Kier alpha value is -2.13. The topological polar surface area (TPSA) is 97.3 Å². The van der Waals surface area contributed by atoms with Gasteiger partial charge in [0.1, 0.15) is 0 Å². The molecule has 0 saturated heterocycles. The minimum Gasteiger partial charge on any atom is -0.454 e. The standard InChI is InChI=1S/C17H23N3O5S/c1-26(22,23)20(14-5-3-2-4-6-14)11-17(21)19-18-10-13-7-8-15-16(9-13)25-12-24-15/h7-10,14H,2-6,11-12H2,1H3,(H,19,21). The van der Waals surface area contributed by atoms with Crippen molar-refractivity contribution in [1.82, 2.24) is 9.73 Å². The van der Waals surface area contributed by atoms with E-state index in [2.05, 4.69) is 10.5 Å². The van der Waals surface area contributed by atoms with E-state index in [1.807, 2.05) is 0 Å². The molecule has 1 amide bonds. The van der Waals surface area contributed by atoms with Gasteiger partial charge in [-0.25, -0.2) is 13.8 Å². The summed E-state index contributed by atoms with van der Waals surface area (Å²) in [6, 6.07) is 5.19. The highest BCUT2D eigenvalue weighted by Gasteiger charge is 2.29. The second-order valence-corrected chi connectivity index (χ2v) is 8.44. The largest absolute Gasteiger partial charge is 0.454 e. The third kappa shape index (κ3) is 4.73. The number of amides is 1. The molecule has 1 aromatic carbocycles. The van der Waals surface area contributed by atoms with Gasteiger partial charge in [-0.3, -0.25) is 4.79 Å². The van der Waals surface area contributed by atoms with E-state index in [4.69, 9.17) is 9.47 Å². The van der Waals surface area contributed by atoms with Crippen molar-refractivity contribution in [3.63, 3.8) is 0 Å². The highest BCUT2D eigenvalue weighted by molar-refractivity contribution is 7.88. The van der Waals surface area contributed by atoms with Gasteiger partial charge >= 0.3 is 0 Å². The summed E-state index contributed by atoms with van der Waals surface area (Å²) < 4.78 is 35.9. The number of sulfonamides is 1. The van der Waals surface area contributed by atoms with Crippen LogP contribution in [0, 0.1) is 0 Å². The lowest BCUT2D eigenvalue weighted by Crippen LogP contribution is -2.45. The number of ether oxygens (including phenoxy) is 2. The van der Waals surface area contributed by atoms with Crippen LogP contribution in [-0.2, 0) is 14.8 Å². The number of carbonyl (C=O) groups is 1. The predicted octanol–water partition coefficient (Wildman–Crippen LogP) is 1.46. The van der Waals surface area contributed by atoms with E-state index in [1.165, 1.54) is 10.5 Å². The molecule has 0 unspecified atom stereocenters. The van der Waals surface area contributed by atoms with Gasteiger partial charge in [-0.1, -0.05) is 19.3 Å². The monoisotopic (exact) mass is 381 g/mol. The first-order valence-corrected chi connectivity index (χ1v) is 10.5. The summed E-state index contributed by atoms with van der Waals surface area (Å²) in [7, 11) is -3.45. The van der Waals surface area contributed by atoms with Gasteiger partial charge in [-0.15, -0.1) is 0 Å². The van der Waals surface area contributed by atoms with Crippen LogP contribution in [0.5, 0.6) is 11.5 Å². The SMILES string of the molecule is CS(=O)(=O)N(CC(=O)NN=Cc1ccc2c(c1)OCO2)C1CCCCC1. The number of benzene rings is 1. The first kappa shape index (κ1) is 18.7. The number of rotatable bonds is 6. The van der Waals surface area contributed by atoms with Crippen molar-refractivity contribution >= 4 is 22.1 Å². The summed E-state index contributed by atoms with van der Waals surface area (Å²) in [5.41, 5.74) is 3.13. The number of carbonyl (C=O) groups excluding carboxylic acids is 1. The fraction of sp³-hybridized carbons (Fsp3) is 0.529. The van der Waals surface area contributed by atoms with Gasteiger partial charge in [0.2, 0.25) is 16.8 Å². The van der Waals surface area contributed by atoms with E-state index >= 15 is 0 Å². The molecule has 1 heterocycles. The summed E-state index contributed by atoms with van der Waals surface area (Å²) in [4.78, 5) is 12.1. The second kappa shape index (κ2) is 8.05. The first-order chi connectivity index (χ1) is 12.4. The van der Waals surface area contributed by atoms with Crippen molar-refractivity contribution in [2.45, 2.75) is 38.1 Å². The van der Waals surface area contributed by atoms with Crippen LogP contribution in [-0.4, -0.2) is 50.5 Å². The molecule has 3 rings (SSSR count). The van der Waals surface area contributed by atoms with Gasteiger partial charge in [0.05, 0.1) is 19.0 Å². The molecular formula is C17H23N3O5S. The summed E-state index contributed by atoms with van der Waals surface area (Å²) in [5.74, 6) is 0.835. The summed E-state index contributed by atoms with van der Waals surface area (Å²) in [5, 5.41) is 3.90. The second-order valence-electron chi connectivity index (χ2n) is 6.51. The van der Waals surface area contributed by atoms with Crippen LogP contribution in [0.25, 0.3) is 0 Å². The molecule has 9 heteroatoms. The van der Waals surface area contributed by atoms with E-state index in [1.54, 1.807) is 18.2 Å². The zero-order chi connectivity index (χ0) is 18.6. The molecular weight excluding hydrogens is 358 g/mol. The maximum atomic E-state index is 12.1. The molecule has 0 bridgehead atoms. The molecule has 26 heavy (non-hydrogen) atoms. The van der Waals surface area contributed by atoms with Crippen LogP contribution in [0.2, 0.25) is 0 Å². The van der Waals surface area contributed by atoms with E-state index in [0.29, 0.717) is 11.5 Å². The van der Waals surface area contributed by atoms with E-state index in [-0.39, 0.29) is 19.4 Å². The number of nitrogens with one attached hydrogen (secondary N) is 1. The lowest BCUT2D eigenvalue weighted by Gasteiger charge is -2.31. The van der Waals surface area contributed by atoms with Gasteiger partial charge in [-0.2, -0.15) is 9.41 Å². The fourth-order valence-corrected chi connectivity index (χ4v) is 4.34. The zero-order valence-electron chi connectivity index (χ0n) is 14.7. The predicted molar refractivity (Wildman–Crippen MR) is 96.7 cm³/mol. The van der Waals surface area contributed by atoms with Gasteiger partial charge < -0.3 is 9.47 Å². The van der Waals surface area contributed by atoms with E-state index in [0.717, 1.165) is 43.9 Å². The van der Waals surface area contributed by atoms with Crippen molar-refractivity contribution in [3.8, 4) is 11.5 Å². The van der Waals surface area contributed by atoms with Crippen molar-refractivity contribution in [2.75, 3.05) is 19.6 Å². The fourth-order valence-electron chi connectivity index (χ4n) is 3.24. The van der Waals surface area contributed by atoms with Crippen LogP contribution < -0.4 is 14.9 Å². The van der Waals surface area contributed by atoms with Crippen LogP contribution in [0.15, 0.2) is 23.3 Å². The van der Waals surface area contributed by atoms with Crippen molar-refractivity contribution < 1.29 is 22.7 Å². The molecule has 0 atom stereocenters. The minimum absolute atomic E-state index is 0.109. The molecule has 0 spiro atoms. The Morgan fingerprint density at radius 1 is 1.27 bits per heavy atom. The summed E-state index contributed by atoms with van der Waals surface area (Å²) >= 11 is 0. The Morgan fingerprint density at radius 2 is 2.00 bits per heavy atom. The van der Waals surface area contributed by atoms with E-state index < -0.39 is 15.9 Å². The molecule has 2 aliphatic rings. The number of nitrogens with zero attached hydrogens (tertiary/aromatic N) is 2. The van der Waals surface area contributed by atoms with Crippen molar-refractivity contribution in [2.24, 2.45) is 5.10 Å². The average Bonchev–Trinajstić information content (AvgIpc) is 3.07. The summed E-state index contributed by atoms with van der Waals surface area (Å²) in [6.07, 6.45) is 7.29.